The van der Waals surface area contributed by atoms with Gasteiger partial charge in [0, 0.05) is 26.7 Å². The van der Waals surface area contributed by atoms with E-state index in [1.54, 1.807) is 11.3 Å². The Balaban J connectivity index is 1.14. The Morgan fingerprint density at radius 2 is 1.78 bits per heavy atom. The molecule has 2 aliphatic heterocycles. The van der Waals surface area contributed by atoms with Gasteiger partial charge in [-0.3, -0.25) is 0 Å². The summed E-state index contributed by atoms with van der Waals surface area (Å²) >= 11 is 3.65. The van der Waals surface area contributed by atoms with Gasteiger partial charge in [0.2, 0.25) is 0 Å². The SMILES string of the molecule is C=C1OB(c2ccc(-c3ccc(CCCCCCOCC4(CC)COC4)s3)s2)OC1(C)C. The summed E-state index contributed by atoms with van der Waals surface area (Å²) in [6.45, 7) is 13.7. The second kappa shape index (κ2) is 10.4. The Morgan fingerprint density at radius 3 is 2.47 bits per heavy atom. The van der Waals surface area contributed by atoms with Gasteiger partial charge in [-0.1, -0.05) is 26.3 Å². The molecular weight excluding hydrogens is 439 g/mol. The summed E-state index contributed by atoms with van der Waals surface area (Å²) in [7, 11) is -0.339. The van der Waals surface area contributed by atoms with Gasteiger partial charge in [-0.05, 0) is 63.8 Å². The minimum atomic E-state index is -0.430. The van der Waals surface area contributed by atoms with Gasteiger partial charge in [0.25, 0.3) is 0 Å². The first-order valence-corrected chi connectivity index (χ1v) is 13.4. The summed E-state index contributed by atoms with van der Waals surface area (Å²) in [5.41, 5.74) is -0.122. The molecule has 0 atom stereocenters. The third kappa shape index (κ3) is 5.68. The van der Waals surface area contributed by atoms with Crippen LogP contribution < -0.4 is 4.78 Å². The molecule has 0 N–H and O–H groups in total. The summed E-state index contributed by atoms with van der Waals surface area (Å²) in [5.74, 6) is 0.695. The number of hydrogen-bond donors (Lipinski definition) is 0. The van der Waals surface area contributed by atoms with Gasteiger partial charge >= 0.3 is 7.12 Å². The normalized spacial score (nSPS) is 19.2. The van der Waals surface area contributed by atoms with Gasteiger partial charge < -0.3 is 18.8 Å². The second-order valence-electron chi connectivity index (χ2n) is 9.53. The number of hydrogen-bond acceptors (Lipinski definition) is 6. The van der Waals surface area contributed by atoms with Gasteiger partial charge in [-0.15, -0.1) is 22.7 Å². The number of ether oxygens (including phenoxy) is 2. The summed E-state index contributed by atoms with van der Waals surface area (Å²) in [6.07, 6.45) is 7.21. The maximum absolute atomic E-state index is 6.01. The average molecular weight is 474 g/mol. The highest BCUT2D eigenvalue weighted by molar-refractivity contribution is 7.28. The molecule has 0 radical (unpaired) electrons. The first-order valence-electron chi connectivity index (χ1n) is 11.8. The van der Waals surface area contributed by atoms with E-state index in [9.17, 15) is 0 Å². The first kappa shape index (κ1) is 24.0. The molecule has 4 nitrogen and oxygen atoms in total. The van der Waals surface area contributed by atoms with Crippen LogP contribution in [0, 0.1) is 5.41 Å². The molecular formula is C25H35BO4S2. The Bertz CT molecular complexity index is 894. The first-order chi connectivity index (χ1) is 15.4. The third-order valence-electron chi connectivity index (χ3n) is 6.52. The molecule has 7 heteroatoms. The van der Waals surface area contributed by atoms with Crippen LogP contribution in [0.15, 0.2) is 36.6 Å². The van der Waals surface area contributed by atoms with E-state index in [4.69, 9.17) is 18.8 Å². The lowest BCUT2D eigenvalue weighted by Crippen LogP contribution is -2.45. The minimum absolute atomic E-state index is 0.308. The van der Waals surface area contributed by atoms with E-state index >= 15 is 0 Å². The van der Waals surface area contributed by atoms with Crippen molar-refractivity contribution in [3.63, 3.8) is 0 Å². The van der Waals surface area contributed by atoms with Crippen LogP contribution in [-0.4, -0.2) is 39.1 Å². The standard InChI is InChI=1S/C25H35BO4S2/c1-5-25(17-28-18-25)16-27-15-9-7-6-8-10-20-11-12-21(31-20)22-13-14-23(32-22)26-29-19(2)24(3,4)30-26/h11-14H,2,5-10,15-18H2,1,3-4H3. The van der Waals surface area contributed by atoms with E-state index in [1.807, 2.05) is 25.2 Å². The van der Waals surface area contributed by atoms with Crippen LogP contribution in [-0.2, 0) is 25.2 Å². The lowest BCUT2D eigenvalue weighted by molar-refractivity contribution is -0.150. The zero-order valence-electron chi connectivity index (χ0n) is 19.6. The molecule has 0 spiro atoms. The Morgan fingerprint density at radius 1 is 1.03 bits per heavy atom. The van der Waals surface area contributed by atoms with E-state index in [1.165, 1.54) is 33.9 Å². The van der Waals surface area contributed by atoms with E-state index in [0.29, 0.717) is 11.2 Å². The Hall–Kier alpha value is -1.12. The van der Waals surface area contributed by atoms with Crippen molar-refractivity contribution < 1.29 is 18.8 Å². The molecule has 4 heterocycles. The smallest absolute Gasteiger partial charge is 0.533 e. The van der Waals surface area contributed by atoms with Crippen molar-refractivity contribution in [2.45, 2.75) is 64.9 Å². The molecule has 2 fully saturated rings. The van der Waals surface area contributed by atoms with Gasteiger partial charge in [-0.2, -0.15) is 0 Å². The average Bonchev–Trinajstić information content (AvgIpc) is 3.45. The molecule has 0 aromatic carbocycles. The molecule has 4 rings (SSSR count). The van der Waals surface area contributed by atoms with Crippen LogP contribution in [0.4, 0.5) is 0 Å². The summed E-state index contributed by atoms with van der Waals surface area (Å²) in [4.78, 5) is 4.06. The van der Waals surface area contributed by atoms with Crippen molar-refractivity contribution in [1.29, 1.82) is 0 Å². The maximum atomic E-state index is 6.01. The van der Waals surface area contributed by atoms with Crippen LogP contribution in [0.2, 0.25) is 0 Å². The largest absolute Gasteiger partial charge is 0.574 e. The molecule has 0 saturated carbocycles. The summed E-state index contributed by atoms with van der Waals surface area (Å²) < 4.78 is 24.2. The number of rotatable bonds is 12. The van der Waals surface area contributed by atoms with E-state index in [2.05, 4.69) is 37.8 Å². The topological polar surface area (TPSA) is 36.9 Å². The van der Waals surface area contributed by atoms with Crippen molar-refractivity contribution >= 4 is 34.6 Å². The molecule has 32 heavy (non-hydrogen) atoms. The molecule has 2 aromatic rings. The van der Waals surface area contributed by atoms with E-state index in [0.717, 1.165) is 50.5 Å². The second-order valence-corrected chi connectivity index (χ2v) is 11.8. The monoisotopic (exact) mass is 474 g/mol. The highest BCUT2D eigenvalue weighted by Gasteiger charge is 2.43. The molecule has 2 saturated heterocycles. The van der Waals surface area contributed by atoms with Gasteiger partial charge in [0.1, 0.15) is 5.60 Å². The van der Waals surface area contributed by atoms with Crippen LogP contribution in [0.1, 0.15) is 57.8 Å². The molecule has 174 valence electrons. The maximum Gasteiger partial charge on any atom is 0.574 e. The minimum Gasteiger partial charge on any atom is -0.533 e. The van der Waals surface area contributed by atoms with Gasteiger partial charge in [0.05, 0.1) is 30.4 Å². The molecule has 0 bridgehead atoms. The van der Waals surface area contributed by atoms with Gasteiger partial charge in [-0.25, -0.2) is 0 Å². The predicted molar refractivity (Wildman–Crippen MR) is 135 cm³/mol. The van der Waals surface area contributed by atoms with E-state index < -0.39 is 5.60 Å². The molecule has 0 unspecified atom stereocenters. The van der Waals surface area contributed by atoms with Gasteiger partial charge in [0.15, 0.2) is 0 Å². The molecule has 2 aliphatic rings. The van der Waals surface area contributed by atoms with Crippen LogP contribution in [0.3, 0.4) is 0 Å². The predicted octanol–water partition coefficient (Wildman–Crippen LogP) is 6.06. The van der Waals surface area contributed by atoms with Crippen molar-refractivity contribution in [3.05, 3.63) is 41.5 Å². The fraction of sp³-hybridized carbons (Fsp3) is 0.600. The third-order valence-corrected chi connectivity index (χ3v) is 8.97. The van der Waals surface area contributed by atoms with Crippen LogP contribution >= 0.6 is 22.7 Å². The van der Waals surface area contributed by atoms with Crippen molar-refractivity contribution in [2.24, 2.45) is 5.41 Å². The van der Waals surface area contributed by atoms with Crippen molar-refractivity contribution in [3.8, 4) is 9.75 Å². The number of aryl methyl sites for hydroxylation is 1. The fourth-order valence-electron chi connectivity index (χ4n) is 3.93. The molecule has 0 amide bonds. The molecule has 2 aromatic heterocycles. The number of thiophene rings is 2. The highest BCUT2D eigenvalue weighted by Crippen LogP contribution is 2.35. The summed E-state index contributed by atoms with van der Waals surface area (Å²) in [5, 5.41) is 0. The lowest BCUT2D eigenvalue weighted by Gasteiger charge is -2.40. The van der Waals surface area contributed by atoms with Crippen LogP contribution in [0.25, 0.3) is 9.75 Å². The lowest BCUT2D eigenvalue weighted by atomic mass is 9.84. The highest BCUT2D eigenvalue weighted by atomic mass is 32.1. The van der Waals surface area contributed by atoms with Crippen molar-refractivity contribution in [1.82, 2.24) is 0 Å². The van der Waals surface area contributed by atoms with Crippen molar-refractivity contribution in [2.75, 3.05) is 26.4 Å². The Kier molecular flexibility index (Phi) is 7.83. The Labute approximate surface area is 201 Å². The van der Waals surface area contributed by atoms with Crippen LogP contribution in [0.5, 0.6) is 0 Å². The molecule has 0 aliphatic carbocycles. The zero-order valence-corrected chi connectivity index (χ0v) is 21.2. The quantitative estimate of drug-likeness (QED) is 0.277. The number of unbranched alkanes of at least 4 members (excludes halogenated alkanes) is 3. The zero-order chi connectivity index (χ0) is 22.6. The summed E-state index contributed by atoms with van der Waals surface area (Å²) in [6, 6.07) is 8.81. The van der Waals surface area contributed by atoms with E-state index in [-0.39, 0.29) is 7.12 Å². The fourth-order valence-corrected chi connectivity index (χ4v) is 6.03.